The number of nitrogens with zero attached hydrogens (tertiary/aromatic N) is 1. The molecule has 0 aromatic heterocycles. The minimum atomic E-state index is -3.97. The summed E-state index contributed by atoms with van der Waals surface area (Å²) in [5.74, 6) is -1.03. The van der Waals surface area contributed by atoms with Crippen LogP contribution in [-0.2, 0) is 10.0 Å². The Labute approximate surface area is 141 Å². The highest BCUT2D eigenvalue weighted by molar-refractivity contribution is 7.90. The molecular weight excluding hydrogens is 326 g/mol. The first-order chi connectivity index (χ1) is 11.2. The second kappa shape index (κ2) is 5.56. The van der Waals surface area contributed by atoms with Gasteiger partial charge in [-0.25, -0.2) is 12.7 Å². The van der Waals surface area contributed by atoms with Gasteiger partial charge in [0.15, 0.2) is 5.78 Å². The first kappa shape index (κ1) is 16.4. The fourth-order valence-corrected chi connectivity index (χ4v) is 4.74. The summed E-state index contributed by atoms with van der Waals surface area (Å²) in [4.78, 5) is 25.0. The fraction of sp³-hybridized carbons (Fsp3) is 0.222. The molecule has 0 saturated heterocycles. The van der Waals surface area contributed by atoms with Crippen molar-refractivity contribution in [3.63, 3.8) is 0 Å². The number of benzene rings is 2. The number of rotatable bonds is 3. The van der Waals surface area contributed by atoms with Gasteiger partial charge in [-0.1, -0.05) is 29.8 Å². The van der Waals surface area contributed by atoms with E-state index in [9.17, 15) is 18.0 Å². The molecule has 0 N–H and O–H groups in total. The second-order valence-corrected chi connectivity index (χ2v) is 7.84. The molecule has 2 aromatic rings. The smallest absolute Gasteiger partial charge is 0.269 e. The highest BCUT2D eigenvalue weighted by Gasteiger charge is 2.42. The van der Waals surface area contributed by atoms with Crippen LogP contribution in [0.1, 0.15) is 37.4 Å². The summed E-state index contributed by atoms with van der Waals surface area (Å²) in [6.45, 7) is 5.06. The maximum absolute atomic E-state index is 12.7. The first-order valence-electron chi connectivity index (χ1n) is 7.50. The first-order valence-corrected chi connectivity index (χ1v) is 8.94. The van der Waals surface area contributed by atoms with Crippen LogP contribution < -0.4 is 0 Å². The molecule has 5 nitrogen and oxygen atoms in total. The van der Waals surface area contributed by atoms with E-state index in [-0.39, 0.29) is 16.2 Å². The number of amides is 1. The number of fused-ring (bicyclic) bond motifs is 1. The van der Waals surface area contributed by atoms with Gasteiger partial charge in [-0.3, -0.25) is 9.59 Å². The molecule has 2 aromatic carbocycles. The highest BCUT2D eigenvalue weighted by Crippen LogP contribution is 2.30. The Morgan fingerprint density at radius 3 is 2.21 bits per heavy atom. The van der Waals surface area contributed by atoms with E-state index in [2.05, 4.69) is 0 Å². The molecule has 1 aliphatic heterocycles. The van der Waals surface area contributed by atoms with Gasteiger partial charge in [0.1, 0.15) is 11.4 Å². The predicted octanol–water partition coefficient (Wildman–Crippen LogP) is 2.64. The molecule has 1 heterocycles. The van der Waals surface area contributed by atoms with Gasteiger partial charge in [0.05, 0.1) is 5.56 Å². The van der Waals surface area contributed by atoms with E-state index in [0.717, 1.165) is 16.7 Å². The van der Waals surface area contributed by atoms with Crippen molar-refractivity contribution in [2.24, 2.45) is 0 Å². The number of sulfonamides is 1. The Balaban J connectivity index is 1.99. The van der Waals surface area contributed by atoms with Gasteiger partial charge in [0.25, 0.3) is 15.9 Å². The molecule has 0 saturated carbocycles. The minimum Gasteiger partial charge on any atom is -0.292 e. The van der Waals surface area contributed by atoms with E-state index in [1.165, 1.54) is 12.1 Å². The number of aryl methyl sites for hydroxylation is 3. The number of ketones is 1. The van der Waals surface area contributed by atoms with Crippen LogP contribution in [0.5, 0.6) is 0 Å². The van der Waals surface area contributed by atoms with E-state index < -0.39 is 22.5 Å². The SMILES string of the molecule is Cc1cc(C)c(C(=O)CN2C(=O)c3ccccc3S2(=O)=O)c(C)c1. The van der Waals surface area contributed by atoms with Crippen molar-refractivity contribution in [3.8, 4) is 0 Å². The lowest BCUT2D eigenvalue weighted by Crippen LogP contribution is -2.35. The minimum absolute atomic E-state index is 0.0415. The maximum Gasteiger partial charge on any atom is 0.269 e. The summed E-state index contributed by atoms with van der Waals surface area (Å²) in [5.41, 5.74) is 3.17. The summed E-state index contributed by atoms with van der Waals surface area (Å²) in [6.07, 6.45) is 0. The van der Waals surface area contributed by atoms with Crippen LogP contribution in [0.2, 0.25) is 0 Å². The van der Waals surface area contributed by atoms with Crippen molar-refractivity contribution >= 4 is 21.7 Å². The second-order valence-electron chi connectivity index (χ2n) is 6.01. The molecule has 3 rings (SSSR count). The number of carbonyl (C=O) groups excluding carboxylic acids is 2. The molecule has 6 heteroatoms. The molecule has 0 spiro atoms. The monoisotopic (exact) mass is 343 g/mol. The zero-order chi connectivity index (χ0) is 17.6. The molecule has 24 heavy (non-hydrogen) atoms. The van der Waals surface area contributed by atoms with Crippen molar-refractivity contribution in [1.82, 2.24) is 4.31 Å². The predicted molar refractivity (Wildman–Crippen MR) is 89.6 cm³/mol. The fourth-order valence-electron chi connectivity index (χ4n) is 3.22. The summed E-state index contributed by atoms with van der Waals surface area (Å²) in [5, 5.41) is 0. The van der Waals surface area contributed by atoms with E-state index >= 15 is 0 Å². The Kier molecular flexibility index (Phi) is 3.80. The van der Waals surface area contributed by atoms with Crippen LogP contribution in [0, 0.1) is 20.8 Å². The molecule has 0 aliphatic carbocycles. The molecule has 1 aliphatic rings. The molecular formula is C18H17NO4S. The van der Waals surface area contributed by atoms with Crippen LogP contribution >= 0.6 is 0 Å². The average Bonchev–Trinajstić information content (AvgIpc) is 2.68. The largest absolute Gasteiger partial charge is 0.292 e. The van der Waals surface area contributed by atoms with Gasteiger partial charge in [-0.2, -0.15) is 0 Å². The van der Waals surface area contributed by atoms with Crippen LogP contribution in [0.3, 0.4) is 0 Å². The number of Topliss-reactive ketones (excluding diaryl/α,β-unsaturated/α-hetero) is 1. The quantitative estimate of drug-likeness (QED) is 0.803. The van der Waals surface area contributed by atoms with Gasteiger partial charge < -0.3 is 0 Å². The number of hydrogen-bond donors (Lipinski definition) is 0. The summed E-state index contributed by atoms with van der Waals surface area (Å²) < 4.78 is 25.7. The molecule has 0 unspecified atom stereocenters. The molecule has 0 bridgehead atoms. The standard InChI is InChI=1S/C18H17NO4S/c1-11-8-12(2)17(13(3)9-11)15(20)10-19-18(21)14-6-4-5-7-16(14)24(19,22)23/h4-9H,10H2,1-3H3. The van der Waals surface area contributed by atoms with Crippen molar-refractivity contribution in [3.05, 3.63) is 64.2 Å². The third-order valence-electron chi connectivity index (χ3n) is 4.16. The Morgan fingerprint density at radius 1 is 1.04 bits per heavy atom. The van der Waals surface area contributed by atoms with E-state index in [1.54, 1.807) is 12.1 Å². The Bertz CT molecular complexity index is 953. The lowest BCUT2D eigenvalue weighted by Gasteiger charge is -2.16. The van der Waals surface area contributed by atoms with Crippen molar-refractivity contribution < 1.29 is 18.0 Å². The summed E-state index contributed by atoms with van der Waals surface area (Å²) >= 11 is 0. The summed E-state index contributed by atoms with van der Waals surface area (Å²) in [7, 11) is -3.97. The van der Waals surface area contributed by atoms with Gasteiger partial charge in [-0.05, 0) is 44.0 Å². The highest BCUT2D eigenvalue weighted by atomic mass is 32.2. The van der Waals surface area contributed by atoms with E-state index in [4.69, 9.17) is 0 Å². The van der Waals surface area contributed by atoms with Crippen molar-refractivity contribution in [2.75, 3.05) is 6.54 Å². The average molecular weight is 343 g/mol. The van der Waals surface area contributed by atoms with Gasteiger partial charge >= 0.3 is 0 Å². The lowest BCUT2D eigenvalue weighted by atomic mass is 9.96. The topological polar surface area (TPSA) is 71.5 Å². The van der Waals surface area contributed by atoms with Crippen LogP contribution in [0.15, 0.2) is 41.3 Å². The third kappa shape index (κ3) is 2.43. The van der Waals surface area contributed by atoms with Gasteiger partial charge in [-0.15, -0.1) is 0 Å². The number of hydrogen-bond acceptors (Lipinski definition) is 4. The molecule has 0 fully saturated rings. The number of carbonyl (C=O) groups is 2. The molecule has 1 amide bonds. The molecule has 0 radical (unpaired) electrons. The Morgan fingerprint density at radius 2 is 1.62 bits per heavy atom. The van der Waals surface area contributed by atoms with Crippen molar-refractivity contribution in [1.29, 1.82) is 0 Å². The van der Waals surface area contributed by atoms with Crippen LogP contribution in [-0.4, -0.2) is 31.0 Å². The molecule has 0 atom stereocenters. The normalized spacial score (nSPS) is 15.5. The van der Waals surface area contributed by atoms with E-state index in [0.29, 0.717) is 9.87 Å². The zero-order valence-corrected chi connectivity index (χ0v) is 14.5. The van der Waals surface area contributed by atoms with Gasteiger partial charge in [0.2, 0.25) is 0 Å². The Hall–Kier alpha value is -2.47. The molecule has 124 valence electrons. The van der Waals surface area contributed by atoms with E-state index in [1.807, 2.05) is 32.9 Å². The van der Waals surface area contributed by atoms with Crippen molar-refractivity contribution in [2.45, 2.75) is 25.7 Å². The van der Waals surface area contributed by atoms with Crippen LogP contribution in [0.4, 0.5) is 0 Å². The van der Waals surface area contributed by atoms with Crippen LogP contribution in [0.25, 0.3) is 0 Å². The zero-order valence-electron chi connectivity index (χ0n) is 13.7. The summed E-state index contributed by atoms with van der Waals surface area (Å²) in [6, 6.07) is 9.75. The lowest BCUT2D eigenvalue weighted by molar-refractivity contribution is 0.0820. The third-order valence-corrected chi connectivity index (χ3v) is 5.94. The van der Waals surface area contributed by atoms with Gasteiger partial charge in [0, 0.05) is 5.56 Å². The maximum atomic E-state index is 12.7.